The van der Waals surface area contributed by atoms with Crippen LogP contribution in [0.25, 0.3) is 0 Å². The molecule has 7 heteroatoms. The minimum atomic E-state index is -3.37. The predicted molar refractivity (Wildman–Crippen MR) is 88.5 cm³/mol. The molecule has 1 heterocycles. The Hall–Kier alpha value is -0.820. The van der Waals surface area contributed by atoms with E-state index >= 15 is 0 Å². The van der Waals surface area contributed by atoms with E-state index < -0.39 is 9.84 Å². The van der Waals surface area contributed by atoms with Crippen LogP contribution in [0.4, 0.5) is 10.8 Å². The van der Waals surface area contributed by atoms with E-state index in [1.165, 1.54) is 12.7 Å². The molecule has 120 valence electrons. The fourth-order valence-corrected chi connectivity index (χ4v) is 6.01. The molecule has 1 aliphatic rings. The second kappa shape index (κ2) is 5.12. The molecule has 0 atom stereocenters. The highest BCUT2D eigenvalue weighted by Gasteiger charge is 2.39. The second-order valence-corrected chi connectivity index (χ2v) is 10.5. The van der Waals surface area contributed by atoms with Gasteiger partial charge >= 0.3 is 0 Å². The Morgan fingerprint density at radius 3 is 2.24 bits per heavy atom. The smallest absolute Gasteiger partial charge is 0.182 e. The average Bonchev–Trinajstić information content (AvgIpc) is 2.53. The third kappa shape index (κ3) is 3.88. The molecule has 0 saturated heterocycles. The van der Waals surface area contributed by atoms with Crippen molar-refractivity contribution in [1.82, 2.24) is 4.37 Å². The number of nitrogens with zero attached hydrogens (tertiary/aromatic N) is 1. The summed E-state index contributed by atoms with van der Waals surface area (Å²) in [5, 5.41) is 3.96. The van der Waals surface area contributed by atoms with Crippen LogP contribution in [0.1, 0.15) is 47.0 Å². The van der Waals surface area contributed by atoms with Crippen molar-refractivity contribution in [3.63, 3.8) is 0 Å². The van der Waals surface area contributed by atoms with Gasteiger partial charge in [-0.2, -0.15) is 4.37 Å². The molecule has 1 aromatic heterocycles. The van der Waals surface area contributed by atoms with Gasteiger partial charge in [0, 0.05) is 12.3 Å². The highest BCUT2D eigenvalue weighted by atomic mass is 32.2. The zero-order valence-electron chi connectivity index (χ0n) is 13.4. The summed E-state index contributed by atoms with van der Waals surface area (Å²) in [4.78, 5) is 0.147. The lowest BCUT2D eigenvalue weighted by Crippen LogP contribution is -2.40. The van der Waals surface area contributed by atoms with Gasteiger partial charge in [0.05, 0.1) is 0 Å². The van der Waals surface area contributed by atoms with Gasteiger partial charge in [-0.15, -0.1) is 0 Å². The third-order valence-electron chi connectivity index (χ3n) is 3.94. The van der Waals surface area contributed by atoms with Crippen LogP contribution in [0, 0.1) is 10.8 Å². The van der Waals surface area contributed by atoms with Crippen molar-refractivity contribution >= 4 is 32.2 Å². The normalized spacial score (nSPS) is 22.1. The predicted octanol–water partition coefficient (Wildman–Crippen LogP) is 3.15. The molecular formula is C14H25N3O2S2. The van der Waals surface area contributed by atoms with Crippen LogP contribution in [0.3, 0.4) is 0 Å². The Kier molecular flexibility index (Phi) is 4.04. The molecular weight excluding hydrogens is 306 g/mol. The van der Waals surface area contributed by atoms with Gasteiger partial charge < -0.3 is 11.1 Å². The van der Waals surface area contributed by atoms with Crippen molar-refractivity contribution < 1.29 is 8.42 Å². The molecule has 1 fully saturated rings. The van der Waals surface area contributed by atoms with Crippen LogP contribution in [-0.2, 0) is 9.84 Å². The minimum Gasteiger partial charge on any atom is -0.382 e. The van der Waals surface area contributed by atoms with E-state index in [0.29, 0.717) is 5.00 Å². The largest absolute Gasteiger partial charge is 0.382 e. The van der Waals surface area contributed by atoms with Gasteiger partial charge in [-0.1, -0.05) is 27.7 Å². The molecule has 2 rings (SSSR count). The molecule has 0 aliphatic heterocycles. The summed E-state index contributed by atoms with van der Waals surface area (Å²) in [5.41, 5.74) is 6.19. The Morgan fingerprint density at radius 2 is 1.76 bits per heavy atom. The van der Waals surface area contributed by atoms with E-state index in [1.807, 2.05) is 0 Å². The summed E-state index contributed by atoms with van der Waals surface area (Å²) >= 11 is 1.13. The van der Waals surface area contributed by atoms with Crippen molar-refractivity contribution in [2.45, 2.75) is 57.9 Å². The van der Waals surface area contributed by atoms with Crippen LogP contribution in [0.15, 0.2) is 4.90 Å². The number of hydrogen-bond acceptors (Lipinski definition) is 6. The fourth-order valence-electron chi connectivity index (χ4n) is 3.88. The molecule has 0 amide bonds. The summed E-state index contributed by atoms with van der Waals surface area (Å²) in [6.45, 7) is 9.06. The van der Waals surface area contributed by atoms with Crippen molar-refractivity contribution in [2.24, 2.45) is 10.8 Å². The van der Waals surface area contributed by atoms with Crippen LogP contribution in [-0.4, -0.2) is 25.1 Å². The highest BCUT2D eigenvalue weighted by molar-refractivity contribution is 7.91. The number of hydrogen-bond donors (Lipinski definition) is 2. The first-order valence-electron chi connectivity index (χ1n) is 7.11. The van der Waals surface area contributed by atoms with Crippen LogP contribution in [0.5, 0.6) is 0 Å². The van der Waals surface area contributed by atoms with E-state index in [1.54, 1.807) is 0 Å². The molecule has 0 unspecified atom stereocenters. The van der Waals surface area contributed by atoms with Crippen LogP contribution in [0.2, 0.25) is 0 Å². The summed E-state index contributed by atoms with van der Waals surface area (Å²) in [6.07, 6.45) is 4.36. The second-order valence-electron chi connectivity index (χ2n) is 7.75. The van der Waals surface area contributed by atoms with Gasteiger partial charge in [0.15, 0.2) is 15.7 Å². The van der Waals surface area contributed by atoms with E-state index in [0.717, 1.165) is 24.4 Å². The number of sulfone groups is 1. The Bertz CT molecular complexity index is 617. The summed E-state index contributed by atoms with van der Waals surface area (Å²) < 4.78 is 27.8. The standard InChI is InChI=1S/C14H25N3O2S2/c1-13(2)6-9(7-14(3,4)8-13)16-12-10(21(5,18)19)11(15)17-20-12/h9,16H,6-8H2,1-5H3,(H2,15,17). The Labute approximate surface area is 131 Å². The molecule has 0 bridgehead atoms. The first-order valence-corrected chi connectivity index (χ1v) is 9.78. The van der Waals surface area contributed by atoms with Crippen molar-refractivity contribution in [3.05, 3.63) is 0 Å². The van der Waals surface area contributed by atoms with Crippen molar-refractivity contribution in [3.8, 4) is 0 Å². The van der Waals surface area contributed by atoms with E-state index in [4.69, 9.17) is 5.73 Å². The Balaban J connectivity index is 2.27. The van der Waals surface area contributed by atoms with Crippen LogP contribution >= 0.6 is 11.5 Å². The number of rotatable bonds is 3. The monoisotopic (exact) mass is 331 g/mol. The zero-order chi connectivity index (χ0) is 16.1. The lowest BCUT2D eigenvalue weighted by molar-refractivity contribution is 0.105. The number of nitrogens with two attached hydrogens (primary N) is 1. The van der Waals surface area contributed by atoms with Gasteiger partial charge in [0.1, 0.15) is 9.90 Å². The van der Waals surface area contributed by atoms with E-state index in [9.17, 15) is 8.42 Å². The van der Waals surface area contributed by atoms with Gasteiger partial charge in [0.2, 0.25) is 0 Å². The number of aromatic nitrogens is 1. The number of nitrogen functional groups attached to an aromatic ring is 1. The maximum Gasteiger partial charge on any atom is 0.182 e. The minimum absolute atomic E-state index is 0.0966. The average molecular weight is 332 g/mol. The molecule has 0 spiro atoms. The summed E-state index contributed by atoms with van der Waals surface area (Å²) in [7, 11) is -3.37. The van der Waals surface area contributed by atoms with Gasteiger partial charge in [0.25, 0.3) is 0 Å². The lowest BCUT2D eigenvalue weighted by Gasteiger charge is -2.45. The van der Waals surface area contributed by atoms with Crippen molar-refractivity contribution in [1.29, 1.82) is 0 Å². The maximum atomic E-state index is 11.9. The molecule has 21 heavy (non-hydrogen) atoms. The van der Waals surface area contributed by atoms with Gasteiger partial charge in [-0.25, -0.2) is 8.42 Å². The maximum absolute atomic E-state index is 11.9. The molecule has 0 radical (unpaired) electrons. The van der Waals surface area contributed by atoms with E-state index in [2.05, 4.69) is 37.4 Å². The Morgan fingerprint density at radius 1 is 1.24 bits per heavy atom. The summed E-state index contributed by atoms with van der Waals surface area (Å²) in [5.74, 6) is 0.0966. The first-order chi connectivity index (χ1) is 9.40. The molecule has 3 N–H and O–H groups in total. The lowest BCUT2D eigenvalue weighted by atomic mass is 9.63. The van der Waals surface area contributed by atoms with E-state index in [-0.39, 0.29) is 27.6 Å². The fraction of sp³-hybridized carbons (Fsp3) is 0.786. The molecule has 1 saturated carbocycles. The topological polar surface area (TPSA) is 85.1 Å². The number of anilines is 2. The van der Waals surface area contributed by atoms with Gasteiger partial charge in [-0.3, -0.25) is 0 Å². The zero-order valence-corrected chi connectivity index (χ0v) is 15.0. The molecule has 0 aromatic carbocycles. The third-order valence-corrected chi connectivity index (χ3v) is 6.01. The van der Waals surface area contributed by atoms with Crippen LogP contribution < -0.4 is 11.1 Å². The SMILES string of the molecule is CC1(C)CC(Nc2snc(N)c2S(C)(=O)=O)CC(C)(C)C1. The molecule has 1 aromatic rings. The quantitative estimate of drug-likeness (QED) is 0.888. The first kappa shape index (κ1) is 16.5. The van der Waals surface area contributed by atoms with Crippen molar-refractivity contribution in [2.75, 3.05) is 17.3 Å². The molecule has 1 aliphatic carbocycles. The van der Waals surface area contributed by atoms with Gasteiger partial charge in [-0.05, 0) is 41.6 Å². The molecule has 5 nitrogen and oxygen atoms in total. The number of nitrogens with one attached hydrogen (secondary N) is 1. The summed E-state index contributed by atoms with van der Waals surface area (Å²) in [6, 6.07) is 0.240. The highest BCUT2D eigenvalue weighted by Crippen LogP contribution is 2.47.